The van der Waals surface area contributed by atoms with Crippen molar-refractivity contribution < 1.29 is 19.2 Å². The fourth-order valence-electron chi connectivity index (χ4n) is 4.81. The monoisotopic (exact) mass is 547 g/mol. The van der Waals surface area contributed by atoms with Crippen LogP contribution in [0.15, 0.2) is 58.4 Å². The van der Waals surface area contributed by atoms with Gasteiger partial charge in [-0.15, -0.1) is 11.3 Å². The van der Waals surface area contributed by atoms with Gasteiger partial charge in [-0.3, -0.25) is 4.79 Å². The number of thiophene rings is 1. The van der Waals surface area contributed by atoms with Gasteiger partial charge < -0.3 is 14.9 Å². The second-order valence-electron chi connectivity index (χ2n) is 10.0. The van der Waals surface area contributed by atoms with Crippen LogP contribution in [0.1, 0.15) is 87.7 Å². The van der Waals surface area contributed by atoms with E-state index in [0.29, 0.717) is 18.1 Å². The third-order valence-corrected chi connectivity index (χ3v) is 8.03. The lowest BCUT2D eigenvalue weighted by Gasteiger charge is -2.18. The fraction of sp³-hybridized carbons (Fsp3) is 0.419. The van der Waals surface area contributed by atoms with Crippen LogP contribution in [0.5, 0.6) is 0 Å². The number of carbonyl (C=O) groups excluding carboxylic acids is 1. The fourth-order valence-corrected chi connectivity index (χ4v) is 5.78. The molecule has 4 rings (SSSR count). The molecule has 1 unspecified atom stereocenters. The molecule has 1 atom stereocenters. The van der Waals surface area contributed by atoms with Gasteiger partial charge in [0, 0.05) is 16.7 Å². The van der Waals surface area contributed by atoms with Crippen LogP contribution in [0.3, 0.4) is 0 Å². The van der Waals surface area contributed by atoms with E-state index in [9.17, 15) is 14.7 Å². The summed E-state index contributed by atoms with van der Waals surface area (Å²) < 4.78 is 6.66. The number of carboxylic acids is 1. The number of nitrogens with zero attached hydrogens (tertiary/aromatic N) is 2. The molecule has 0 saturated carbocycles. The zero-order valence-electron chi connectivity index (χ0n) is 22.5. The Hall–Kier alpha value is -3.52. The Labute approximate surface area is 233 Å². The number of unbranched alkanes of at least 4 members (excludes halogenated alkanes) is 8. The molecule has 0 fully saturated rings. The Morgan fingerprint density at radius 3 is 2.36 bits per heavy atom. The minimum Gasteiger partial charge on any atom is -0.474 e. The lowest BCUT2D eigenvalue weighted by atomic mass is 9.97. The Morgan fingerprint density at radius 2 is 1.64 bits per heavy atom. The summed E-state index contributed by atoms with van der Waals surface area (Å²) in [7, 11) is 0. The number of aryl methyl sites for hydroxylation is 1. The average Bonchev–Trinajstić information content (AvgIpc) is 3.59. The number of aromatic nitrogens is 2. The summed E-state index contributed by atoms with van der Waals surface area (Å²) in [6.45, 7) is 2.24. The summed E-state index contributed by atoms with van der Waals surface area (Å²) in [5, 5.41) is 19.2. The number of rotatable bonds is 15. The molecular formula is C31H37N3O4S. The topological polar surface area (TPSA) is 105 Å². The molecule has 2 aromatic carbocycles. The van der Waals surface area contributed by atoms with Crippen LogP contribution in [0, 0.1) is 0 Å². The number of amides is 1. The van der Waals surface area contributed by atoms with E-state index < -0.39 is 17.9 Å². The molecule has 0 radical (unpaired) electrons. The number of fused-ring (bicyclic) bond motifs is 1. The first kappa shape index (κ1) is 28.5. The molecule has 2 heterocycles. The van der Waals surface area contributed by atoms with Gasteiger partial charge in [-0.1, -0.05) is 93.8 Å². The van der Waals surface area contributed by atoms with Crippen molar-refractivity contribution in [2.75, 3.05) is 0 Å². The van der Waals surface area contributed by atoms with E-state index in [4.69, 9.17) is 4.52 Å². The van der Waals surface area contributed by atoms with E-state index in [0.717, 1.165) is 39.6 Å². The van der Waals surface area contributed by atoms with Crippen molar-refractivity contribution in [1.82, 2.24) is 15.5 Å². The van der Waals surface area contributed by atoms with Gasteiger partial charge in [0.25, 0.3) is 5.89 Å². The zero-order valence-corrected chi connectivity index (χ0v) is 23.3. The quantitative estimate of drug-likeness (QED) is 0.118. The average molecular weight is 548 g/mol. The summed E-state index contributed by atoms with van der Waals surface area (Å²) in [4.78, 5) is 27.9. The molecule has 7 nitrogen and oxygen atoms in total. The minimum absolute atomic E-state index is 0.461. The van der Waals surface area contributed by atoms with E-state index in [-0.39, 0.29) is 0 Å². The Bertz CT molecular complexity index is 1350. The van der Waals surface area contributed by atoms with Crippen LogP contribution in [0.25, 0.3) is 21.5 Å². The van der Waals surface area contributed by atoms with E-state index in [1.807, 2.05) is 42.5 Å². The highest BCUT2D eigenvalue weighted by Gasteiger charge is 2.21. The molecular weight excluding hydrogens is 510 g/mol. The second-order valence-corrected chi connectivity index (χ2v) is 10.9. The number of aliphatic carboxylic acids is 1. The maximum atomic E-state index is 12.1. The lowest BCUT2D eigenvalue weighted by molar-refractivity contribution is -0.150. The zero-order chi connectivity index (χ0) is 27.5. The number of nitrogens with one attached hydrogen (secondary N) is 1. The van der Waals surface area contributed by atoms with Gasteiger partial charge in [-0.05, 0) is 52.9 Å². The largest absolute Gasteiger partial charge is 0.474 e. The van der Waals surface area contributed by atoms with Gasteiger partial charge in [-0.25, -0.2) is 4.79 Å². The van der Waals surface area contributed by atoms with Crippen molar-refractivity contribution >= 4 is 33.3 Å². The molecule has 0 aliphatic carbocycles. The first-order valence-electron chi connectivity index (χ1n) is 14.0. The maximum absolute atomic E-state index is 12.1. The van der Waals surface area contributed by atoms with Crippen LogP contribution in [-0.2, 0) is 22.4 Å². The van der Waals surface area contributed by atoms with E-state index >= 15 is 0 Å². The summed E-state index contributed by atoms with van der Waals surface area (Å²) in [5.74, 6) is -1.35. The normalized spacial score (nSPS) is 12.0. The lowest BCUT2D eigenvalue weighted by Crippen LogP contribution is -2.35. The highest BCUT2D eigenvalue weighted by atomic mass is 32.1. The second kappa shape index (κ2) is 14.6. The van der Waals surface area contributed by atoms with Crippen LogP contribution < -0.4 is 5.32 Å². The van der Waals surface area contributed by atoms with Crippen molar-refractivity contribution in [2.45, 2.75) is 83.6 Å². The van der Waals surface area contributed by atoms with Gasteiger partial charge in [-0.2, -0.15) is 4.98 Å². The number of hydrogen-bond acceptors (Lipinski definition) is 6. The van der Waals surface area contributed by atoms with Crippen LogP contribution >= 0.6 is 11.3 Å². The highest BCUT2D eigenvalue weighted by Crippen LogP contribution is 2.30. The molecule has 0 saturated heterocycles. The molecule has 2 N–H and O–H groups in total. The van der Waals surface area contributed by atoms with Gasteiger partial charge in [0.05, 0.1) is 6.04 Å². The molecule has 0 aliphatic heterocycles. The molecule has 1 amide bonds. The molecule has 8 heteroatoms. The number of carbonyl (C=O) groups is 2. The molecule has 0 aliphatic rings. The predicted molar refractivity (Wildman–Crippen MR) is 155 cm³/mol. The number of benzene rings is 2. The molecule has 206 valence electrons. The first-order valence-corrected chi connectivity index (χ1v) is 14.8. The van der Waals surface area contributed by atoms with E-state index in [2.05, 4.69) is 33.8 Å². The Morgan fingerprint density at radius 1 is 0.949 bits per heavy atom. The van der Waals surface area contributed by atoms with Crippen LogP contribution in [-0.4, -0.2) is 27.1 Å². The van der Waals surface area contributed by atoms with Crippen LogP contribution in [0.4, 0.5) is 0 Å². The Kier molecular flexibility index (Phi) is 10.7. The SMILES string of the molecule is CCCCCCCCCCCc1noc(-c2ccc(C(Cc3csc4ccccc34)NC(=O)C(=O)O)cc2)n1. The summed E-state index contributed by atoms with van der Waals surface area (Å²) in [6, 6.07) is 15.1. The summed E-state index contributed by atoms with van der Waals surface area (Å²) >= 11 is 1.63. The van der Waals surface area contributed by atoms with Gasteiger partial charge in [0.1, 0.15) is 0 Å². The number of hydrogen-bond donors (Lipinski definition) is 2. The predicted octanol–water partition coefficient (Wildman–Crippen LogP) is 7.51. The van der Waals surface area contributed by atoms with Gasteiger partial charge >= 0.3 is 11.9 Å². The molecule has 39 heavy (non-hydrogen) atoms. The minimum atomic E-state index is -1.50. The number of carboxylic acid groups (broad SMARTS) is 1. The third-order valence-electron chi connectivity index (χ3n) is 7.02. The van der Waals surface area contributed by atoms with E-state index in [1.54, 1.807) is 11.3 Å². The van der Waals surface area contributed by atoms with Gasteiger partial charge in [0.2, 0.25) is 0 Å². The standard InChI is InChI=1S/C31H37N3O4S/c1-2-3-4-5-6-7-8-9-10-15-28-33-30(38-34-28)23-18-16-22(17-19-23)26(32-29(35)31(36)37)20-24-21-39-27-14-12-11-13-25(24)27/h11-14,16-19,21,26H,2-10,15,20H2,1H3,(H,32,35)(H,36,37). The summed E-state index contributed by atoms with van der Waals surface area (Å²) in [6.07, 6.45) is 12.7. The highest BCUT2D eigenvalue weighted by molar-refractivity contribution is 7.17. The van der Waals surface area contributed by atoms with E-state index in [1.165, 1.54) is 51.4 Å². The molecule has 0 bridgehead atoms. The Balaban J connectivity index is 1.35. The van der Waals surface area contributed by atoms with Crippen molar-refractivity contribution in [3.63, 3.8) is 0 Å². The van der Waals surface area contributed by atoms with Crippen molar-refractivity contribution in [2.24, 2.45) is 0 Å². The maximum Gasteiger partial charge on any atom is 0.394 e. The third kappa shape index (κ3) is 8.23. The van der Waals surface area contributed by atoms with Crippen LogP contribution in [0.2, 0.25) is 0 Å². The van der Waals surface area contributed by atoms with Crippen molar-refractivity contribution in [3.8, 4) is 11.5 Å². The van der Waals surface area contributed by atoms with Crippen molar-refractivity contribution in [1.29, 1.82) is 0 Å². The molecule has 2 aromatic heterocycles. The smallest absolute Gasteiger partial charge is 0.394 e. The van der Waals surface area contributed by atoms with Gasteiger partial charge in [0.15, 0.2) is 5.82 Å². The molecule has 4 aromatic rings. The van der Waals surface area contributed by atoms with Crippen molar-refractivity contribution in [3.05, 3.63) is 70.9 Å². The first-order chi connectivity index (χ1) is 19.0. The molecule has 0 spiro atoms. The summed E-state index contributed by atoms with van der Waals surface area (Å²) in [5.41, 5.74) is 2.65.